The van der Waals surface area contributed by atoms with Crippen LogP contribution in [0.3, 0.4) is 0 Å². The molecule has 1 aromatic heterocycles. The maximum Gasteiger partial charge on any atom is 0.262 e. The van der Waals surface area contributed by atoms with Crippen LogP contribution >= 0.6 is 0 Å². The van der Waals surface area contributed by atoms with Crippen molar-refractivity contribution in [1.29, 1.82) is 0 Å². The molecule has 20 heavy (non-hydrogen) atoms. The van der Waals surface area contributed by atoms with E-state index in [4.69, 9.17) is 4.84 Å². The van der Waals surface area contributed by atoms with Crippen molar-refractivity contribution in [3.05, 3.63) is 47.3 Å². The van der Waals surface area contributed by atoms with Gasteiger partial charge in [0.25, 0.3) is 11.8 Å². The summed E-state index contributed by atoms with van der Waals surface area (Å²) in [5, 5.41) is 6.24. The van der Waals surface area contributed by atoms with Crippen LogP contribution in [0.4, 0.5) is 0 Å². The number of amides is 2. The number of nitrogens with zero attached hydrogens (tertiary/aromatic N) is 2. The third kappa shape index (κ3) is 1.95. The van der Waals surface area contributed by atoms with Gasteiger partial charge in [0.2, 0.25) is 0 Å². The summed E-state index contributed by atoms with van der Waals surface area (Å²) in [6, 6.07) is 5.20. The molecule has 1 aromatic carbocycles. The van der Waals surface area contributed by atoms with E-state index in [9.17, 15) is 9.59 Å². The predicted octanol–water partition coefficient (Wildman–Crippen LogP) is 1.56. The fourth-order valence-electron chi connectivity index (χ4n) is 2.25. The lowest BCUT2D eigenvalue weighted by Crippen LogP contribution is -2.20. The summed E-state index contributed by atoms with van der Waals surface area (Å²) in [5.41, 5.74) is 1.51. The van der Waals surface area contributed by atoms with E-state index in [-0.39, 0.29) is 5.56 Å². The highest BCUT2D eigenvalue weighted by Crippen LogP contribution is 2.31. The molecule has 1 aliphatic heterocycles. The Morgan fingerprint density at radius 1 is 1.30 bits per heavy atom. The van der Waals surface area contributed by atoms with E-state index in [1.807, 2.05) is 13.0 Å². The molecule has 102 valence electrons. The molecule has 6 nitrogen and oxygen atoms in total. The number of nitrogens with one attached hydrogen (secondary N) is 1. The number of hydrogen-bond acceptors (Lipinski definition) is 4. The first-order valence-electron chi connectivity index (χ1n) is 6.40. The molecule has 0 aliphatic carbocycles. The Balaban J connectivity index is 2.13. The first-order chi connectivity index (χ1) is 9.70. The molecule has 1 N–H and O–H groups in total. The smallest absolute Gasteiger partial charge is 0.262 e. The standard InChI is InChI=1S/C14H13N3O3/c1-2-4-9-5-6-10-11(14(19)16-13(10)18)12(9)20-17-8-3-7-15-17/h3,5-8H,2,4H2,1H3,(H,16,18,19). The fourth-order valence-corrected chi connectivity index (χ4v) is 2.25. The van der Waals surface area contributed by atoms with Crippen molar-refractivity contribution in [2.45, 2.75) is 19.8 Å². The van der Waals surface area contributed by atoms with E-state index in [2.05, 4.69) is 10.4 Å². The maximum absolute atomic E-state index is 11.9. The van der Waals surface area contributed by atoms with Gasteiger partial charge >= 0.3 is 0 Å². The Morgan fingerprint density at radius 3 is 2.85 bits per heavy atom. The summed E-state index contributed by atoms with van der Waals surface area (Å²) in [6.07, 6.45) is 4.87. The largest absolute Gasteiger partial charge is 0.357 e. The van der Waals surface area contributed by atoms with Crippen LogP contribution in [-0.2, 0) is 6.42 Å². The van der Waals surface area contributed by atoms with Gasteiger partial charge in [0.1, 0.15) is 0 Å². The van der Waals surface area contributed by atoms with Gasteiger partial charge in [0.15, 0.2) is 5.75 Å². The summed E-state index contributed by atoms with van der Waals surface area (Å²) in [6.45, 7) is 2.04. The normalized spacial score (nSPS) is 13.2. The number of fused-ring (bicyclic) bond motifs is 1. The first-order valence-corrected chi connectivity index (χ1v) is 6.40. The minimum absolute atomic E-state index is 0.288. The predicted molar refractivity (Wildman–Crippen MR) is 70.5 cm³/mol. The third-order valence-corrected chi connectivity index (χ3v) is 3.12. The Hall–Kier alpha value is -2.63. The molecule has 0 fully saturated rings. The lowest BCUT2D eigenvalue weighted by atomic mass is 10.0. The molecule has 2 amide bonds. The number of aryl methyl sites for hydroxylation is 1. The Morgan fingerprint density at radius 2 is 2.15 bits per heavy atom. The zero-order valence-corrected chi connectivity index (χ0v) is 10.9. The zero-order chi connectivity index (χ0) is 14.1. The molecule has 0 saturated heterocycles. The number of carbonyl (C=O) groups is 2. The topological polar surface area (TPSA) is 73.2 Å². The van der Waals surface area contributed by atoms with Crippen LogP contribution in [0.2, 0.25) is 0 Å². The maximum atomic E-state index is 11.9. The van der Waals surface area contributed by atoms with Crippen molar-refractivity contribution in [1.82, 2.24) is 15.3 Å². The van der Waals surface area contributed by atoms with Crippen LogP contribution in [0.1, 0.15) is 39.6 Å². The van der Waals surface area contributed by atoms with E-state index in [1.54, 1.807) is 24.5 Å². The summed E-state index contributed by atoms with van der Waals surface area (Å²) >= 11 is 0. The van der Waals surface area contributed by atoms with Gasteiger partial charge in [-0.3, -0.25) is 14.9 Å². The highest BCUT2D eigenvalue weighted by Gasteiger charge is 2.32. The van der Waals surface area contributed by atoms with Gasteiger partial charge in [-0.05, 0) is 24.1 Å². The molecule has 6 heteroatoms. The van der Waals surface area contributed by atoms with Gasteiger partial charge in [-0.15, -0.1) is 9.94 Å². The molecule has 2 aromatic rings. The second kappa shape index (κ2) is 4.80. The van der Waals surface area contributed by atoms with Crippen LogP contribution in [0, 0.1) is 0 Å². The molecule has 0 radical (unpaired) electrons. The first kappa shape index (κ1) is 12.4. The molecule has 3 rings (SSSR count). The molecule has 0 spiro atoms. The lowest BCUT2D eigenvalue weighted by Gasteiger charge is -2.12. The highest BCUT2D eigenvalue weighted by molar-refractivity contribution is 6.22. The van der Waals surface area contributed by atoms with Gasteiger partial charge in [-0.25, -0.2) is 0 Å². The van der Waals surface area contributed by atoms with Crippen LogP contribution in [0.25, 0.3) is 0 Å². The minimum atomic E-state index is -0.426. The van der Waals surface area contributed by atoms with Crippen LogP contribution in [-0.4, -0.2) is 21.8 Å². The summed E-state index contributed by atoms with van der Waals surface area (Å²) in [7, 11) is 0. The monoisotopic (exact) mass is 271 g/mol. The van der Waals surface area contributed by atoms with Crippen LogP contribution < -0.4 is 10.2 Å². The summed E-state index contributed by atoms with van der Waals surface area (Å²) in [5.74, 6) is -0.417. The Kier molecular flexibility index (Phi) is 2.98. The fraction of sp³-hybridized carbons (Fsp3) is 0.214. The van der Waals surface area contributed by atoms with Crippen molar-refractivity contribution in [2.75, 3.05) is 0 Å². The molecule has 0 atom stereocenters. The number of imide groups is 1. The third-order valence-electron chi connectivity index (χ3n) is 3.12. The number of rotatable bonds is 4. The molecule has 1 aliphatic rings. The molecule has 0 unspecified atom stereocenters. The van der Waals surface area contributed by atoms with Crippen molar-refractivity contribution in [3.8, 4) is 5.75 Å². The Bertz CT molecular complexity index is 677. The van der Waals surface area contributed by atoms with Crippen LogP contribution in [0.15, 0.2) is 30.6 Å². The molecule has 0 saturated carbocycles. The second-order valence-corrected chi connectivity index (χ2v) is 4.51. The van der Waals surface area contributed by atoms with Crippen molar-refractivity contribution in [3.63, 3.8) is 0 Å². The average Bonchev–Trinajstić information content (AvgIpc) is 3.02. The molecule has 2 heterocycles. The number of aromatic nitrogens is 2. The summed E-state index contributed by atoms with van der Waals surface area (Å²) < 4.78 is 0. The van der Waals surface area contributed by atoms with E-state index in [1.165, 1.54) is 4.85 Å². The molecule has 0 bridgehead atoms. The van der Waals surface area contributed by atoms with Crippen molar-refractivity contribution >= 4 is 11.8 Å². The van der Waals surface area contributed by atoms with Crippen molar-refractivity contribution < 1.29 is 14.4 Å². The van der Waals surface area contributed by atoms with E-state index in [0.29, 0.717) is 11.3 Å². The zero-order valence-electron chi connectivity index (χ0n) is 10.9. The van der Waals surface area contributed by atoms with Crippen molar-refractivity contribution in [2.24, 2.45) is 0 Å². The van der Waals surface area contributed by atoms with Gasteiger partial charge in [-0.2, -0.15) is 0 Å². The van der Waals surface area contributed by atoms with Gasteiger partial charge in [0, 0.05) is 0 Å². The van der Waals surface area contributed by atoms with Gasteiger partial charge in [0.05, 0.1) is 23.5 Å². The highest BCUT2D eigenvalue weighted by atomic mass is 16.7. The van der Waals surface area contributed by atoms with Gasteiger partial charge in [-0.1, -0.05) is 19.4 Å². The number of hydrogen-bond donors (Lipinski definition) is 1. The van der Waals surface area contributed by atoms with E-state index in [0.717, 1.165) is 18.4 Å². The quantitative estimate of drug-likeness (QED) is 0.856. The minimum Gasteiger partial charge on any atom is -0.357 e. The van der Waals surface area contributed by atoms with E-state index >= 15 is 0 Å². The van der Waals surface area contributed by atoms with Gasteiger partial charge < -0.3 is 4.84 Å². The summed E-state index contributed by atoms with van der Waals surface area (Å²) in [4.78, 5) is 30.6. The number of carbonyl (C=O) groups excluding carboxylic acids is 2. The molecular weight excluding hydrogens is 258 g/mol. The number of benzene rings is 1. The van der Waals surface area contributed by atoms with Crippen LogP contribution in [0.5, 0.6) is 5.75 Å². The average molecular weight is 271 g/mol. The Labute approximate surface area is 115 Å². The molecular formula is C14H13N3O3. The SMILES string of the molecule is CCCc1ccc2c(c1On1cccn1)C(=O)NC2=O. The lowest BCUT2D eigenvalue weighted by molar-refractivity contribution is 0.0877. The van der Waals surface area contributed by atoms with E-state index < -0.39 is 11.8 Å². The second-order valence-electron chi connectivity index (χ2n) is 4.51.